The van der Waals surface area contributed by atoms with Gasteiger partial charge in [-0.15, -0.1) is 5.10 Å². The van der Waals surface area contributed by atoms with Crippen LogP contribution in [0.4, 0.5) is 0 Å². The maximum absolute atomic E-state index is 12.0. The van der Waals surface area contributed by atoms with Gasteiger partial charge in [-0.3, -0.25) is 4.79 Å². The molecule has 0 saturated carbocycles. The summed E-state index contributed by atoms with van der Waals surface area (Å²) in [4.78, 5) is 13.8. The van der Waals surface area contributed by atoms with Gasteiger partial charge in [0.1, 0.15) is 6.54 Å². The third kappa shape index (κ3) is 3.24. The van der Waals surface area contributed by atoms with Crippen molar-refractivity contribution >= 4 is 5.91 Å². The van der Waals surface area contributed by atoms with E-state index in [-0.39, 0.29) is 12.5 Å². The van der Waals surface area contributed by atoms with Gasteiger partial charge in [-0.2, -0.15) is 0 Å². The molecule has 1 amide bonds. The van der Waals surface area contributed by atoms with Gasteiger partial charge in [0.25, 0.3) is 0 Å². The van der Waals surface area contributed by atoms with Crippen LogP contribution in [-0.2, 0) is 22.6 Å². The smallest absolute Gasteiger partial charge is 0.244 e. The average molecular weight is 239 g/mol. The second kappa shape index (κ2) is 5.74. The molecule has 0 aromatic carbocycles. The van der Waals surface area contributed by atoms with Crippen LogP contribution in [0, 0.1) is 0 Å². The quantitative estimate of drug-likeness (QED) is 0.730. The first-order valence-corrected chi connectivity index (χ1v) is 5.74. The lowest BCUT2D eigenvalue weighted by Gasteiger charge is -2.19. The molecule has 7 nitrogen and oxygen atoms in total. The van der Waals surface area contributed by atoms with Crippen molar-refractivity contribution in [1.82, 2.24) is 19.9 Å². The minimum Gasteiger partial charge on any atom is -0.380 e. The van der Waals surface area contributed by atoms with Gasteiger partial charge in [-0.05, 0) is 6.42 Å². The Kier molecular flexibility index (Phi) is 4.05. The zero-order valence-electron chi connectivity index (χ0n) is 9.71. The summed E-state index contributed by atoms with van der Waals surface area (Å²) in [5, 5.41) is 7.70. The second-order valence-corrected chi connectivity index (χ2v) is 3.96. The van der Waals surface area contributed by atoms with Gasteiger partial charge >= 0.3 is 0 Å². The van der Waals surface area contributed by atoms with Gasteiger partial charge < -0.3 is 15.4 Å². The molecule has 0 bridgehead atoms. The predicted octanol–water partition coefficient (Wildman–Crippen LogP) is -1.01. The van der Waals surface area contributed by atoms with E-state index in [4.69, 9.17) is 10.5 Å². The van der Waals surface area contributed by atoms with Crippen molar-refractivity contribution in [1.29, 1.82) is 0 Å². The van der Waals surface area contributed by atoms with Crippen molar-refractivity contribution < 1.29 is 9.53 Å². The van der Waals surface area contributed by atoms with Crippen LogP contribution >= 0.6 is 0 Å². The minimum atomic E-state index is 0.0453. The highest BCUT2D eigenvalue weighted by Crippen LogP contribution is 2.01. The van der Waals surface area contributed by atoms with E-state index in [0.29, 0.717) is 25.4 Å². The molecular weight excluding hydrogens is 222 g/mol. The number of ether oxygens (including phenoxy) is 1. The summed E-state index contributed by atoms with van der Waals surface area (Å²) in [7, 11) is 0. The summed E-state index contributed by atoms with van der Waals surface area (Å²) in [6, 6.07) is 0. The van der Waals surface area contributed by atoms with Crippen molar-refractivity contribution in [3.05, 3.63) is 11.9 Å². The van der Waals surface area contributed by atoms with Crippen molar-refractivity contribution in [2.24, 2.45) is 5.73 Å². The lowest BCUT2D eigenvalue weighted by molar-refractivity contribution is -0.132. The fourth-order valence-electron chi connectivity index (χ4n) is 1.74. The van der Waals surface area contributed by atoms with Gasteiger partial charge in [0.15, 0.2) is 0 Å². The number of carbonyl (C=O) groups excluding carboxylic acids is 1. The molecular formula is C10H17N5O2. The Bertz CT molecular complexity index is 371. The molecule has 17 heavy (non-hydrogen) atoms. The van der Waals surface area contributed by atoms with E-state index in [1.807, 2.05) is 0 Å². The number of aromatic nitrogens is 3. The monoisotopic (exact) mass is 239 g/mol. The van der Waals surface area contributed by atoms with Crippen LogP contribution in [0.5, 0.6) is 0 Å². The van der Waals surface area contributed by atoms with Gasteiger partial charge in [-0.25, -0.2) is 4.68 Å². The van der Waals surface area contributed by atoms with E-state index >= 15 is 0 Å². The van der Waals surface area contributed by atoms with E-state index in [0.717, 1.165) is 19.6 Å². The zero-order valence-corrected chi connectivity index (χ0v) is 9.71. The van der Waals surface area contributed by atoms with Gasteiger partial charge in [0.2, 0.25) is 5.91 Å². The molecule has 2 heterocycles. The van der Waals surface area contributed by atoms with Crippen LogP contribution in [0.2, 0.25) is 0 Å². The lowest BCUT2D eigenvalue weighted by atomic mass is 10.4. The molecule has 1 aromatic rings. The Morgan fingerprint density at radius 1 is 1.47 bits per heavy atom. The lowest BCUT2D eigenvalue weighted by Crippen LogP contribution is -2.35. The first-order valence-electron chi connectivity index (χ1n) is 5.74. The van der Waals surface area contributed by atoms with Crippen LogP contribution in [0.25, 0.3) is 0 Å². The van der Waals surface area contributed by atoms with E-state index in [1.165, 1.54) is 4.68 Å². The summed E-state index contributed by atoms with van der Waals surface area (Å²) in [5.74, 6) is 0.0453. The largest absolute Gasteiger partial charge is 0.380 e. The fraction of sp³-hybridized carbons (Fsp3) is 0.700. The van der Waals surface area contributed by atoms with E-state index in [1.54, 1.807) is 11.1 Å². The standard InChI is InChI=1S/C10H17N5O2/c11-6-9-7-15(13-12-9)8-10(16)14-2-1-4-17-5-3-14/h7H,1-6,8,11H2. The number of rotatable bonds is 3. The molecule has 0 spiro atoms. The molecule has 7 heteroatoms. The number of amides is 1. The molecule has 94 valence electrons. The molecule has 0 radical (unpaired) electrons. The van der Waals surface area contributed by atoms with E-state index in [9.17, 15) is 4.79 Å². The topological polar surface area (TPSA) is 86.3 Å². The van der Waals surface area contributed by atoms with Crippen molar-refractivity contribution in [3.8, 4) is 0 Å². The number of nitrogens with zero attached hydrogens (tertiary/aromatic N) is 4. The third-order valence-electron chi connectivity index (χ3n) is 2.67. The highest BCUT2D eigenvalue weighted by Gasteiger charge is 2.16. The fourth-order valence-corrected chi connectivity index (χ4v) is 1.74. The molecule has 1 saturated heterocycles. The third-order valence-corrected chi connectivity index (χ3v) is 2.67. The molecule has 2 N–H and O–H groups in total. The first-order chi connectivity index (χ1) is 8.29. The molecule has 1 aromatic heterocycles. The Balaban J connectivity index is 1.90. The number of hydrogen-bond acceptors (Lipinski definition) is 5. The highest BCUT2D eigenvalue weighted by atomic mass is 16.5. The summed E-state index contributed by atoms with van der Waals surface area (Å²) in [6.07, 6.45) is 2.59. The Labute approximate surface area is 99.5 Å². The van der Waals surface area contributed by atoms with Crippen molar-refractivity contribution in [2.75, 3.05) is 26.3 Å². The summed E-state index contributed by atoms with van der Waals surface area (Å²) in [5.41, 5.74) is 6.12. The molecule has 2 rings (SSSR count). The Hall–Kier alpha value is -1.47. The zero-order chi connectivity index (χ0) is 12.1. The average Bonchev–Trinajstić information content (AvgIpc) is 2.62. The van der Waals surface area contributed by atoms with Crippen LogP contribution in [-0.4, -0.2) is 52.1 Å². The minimum absolute atomic E-state index is 0.0453. The number of nitrogens with two attached hydrogens (primary N) is 1. The Morgan fingerprint density at radius 3 is 3.12 bits per heavy atom. The molecule has 1 fully saturated rings. The molecule has 1 aliphatic heterocycles. The van der Waals surface area contributed by atoms with Crippen molar-refractivity contribution in [2.45, 2.75) is 19.5 Å². The molecule has 0 unspecified atom stereocenters. The maximum Gasteiger partial charge on any atom is 0.244 e. The summed E-state index contributed by atoms with van der Waals surface area (Å²) in [6.45, 7) is 3.29. The SMILES string of the molecule is NCc1cn(CC(=O)N2CCCOCC2)nn1. The molecule has 0 aliphatic carbocycles. The van der Waals surface area contributed by atoms with Gasteiger partial charge in [0.05, 0.1) is 18.5 Å². The highest BCUT2D eigenvalue weighted by molar-refractivity contribution is 5.75. The van der Waals surface area contributed by atoms with Crippen molar-refractivity contribution in [3.63, 3.8) is 0 Å². The Morgan fingerprint density at radius 2 is 2.35 bits per heavy atom. The van der Waals surface area contributed by atoms with E-state index in [2.05, 4.69) is 10.3 Å². The molecule has 0 atom stereocenters. The summed E-state index contributed by atoms with van der Waals surface area (Å²) < 4.78 is 6.83. The molecule has 1 aliphatic rings. The maximum atomic E-state index is 12.0. The second-order valence-electron chi connectivity index (χ2n) is 3.96. The predicted molar refractivity (Wildman–Crippen MR) is 59.9 cm³/mol. The summed E-state index contributed by atoms with van der Waals surface area (Å²) >= 11 is 0. The number of carbonyl (C=O) groups is 1. The van der Waals surface area contributed by atoms with Crippen LogP contribution in [0.1, 0.15) is 12.1 Å². The van der Waals surface area contributed by atoms with Crippen LogP contribution in [0.15, 0.2) is 6.20 Å². The van der Waals surface area contributed by atoms with Gasteiger partial charge in [0, 0.05) is 26.2 Å². The van der Waals surface area contributed by atoms with Crippen LogP contribution in [0.3, 0.4) is 0 Å². The van der Waals surface area contributed by atoms with Gasteiger partial charge in [-0.1, -0.05) is 5.21 Å². The normalized spacial score (nSPS) is 16.9. The first kappa shape index (κ1) is 12.0. The van der Waals surface area contributed by atoms with Crippen LogP contribution < -0.4 is 5.73 Å². The number of hydrogen-bond donors (Lipinski definition) is 1. The van der Waals surface area contributed by atoms with E-state index < -0.39 is 0 Å².